The summed E-state index contributed by atoms with van der Waals surface area (Å²) in [6.07, 6.45) is 1.76. The minimum absolute atomic E-state index is 0.0571. The van der Waals surface area contributed by atoms with Crippen LogP contribution in [0, 0.1) is 5.92 Å². The van der Waals surface area contributed by atoms with Crippen molar-refractivity contribution in [1.82, 2.24) is 5.43 Å². The lowest BCUT2D eigenvalue weighted by atomic mass is 10.1. The Balaban J connectivity index is 1.93. The van der Waals surface area contributed by atoms with Gasteiger partial charge in [-0.1, -0.05) is 29.3 Å². The highest BCUT2D eigenvalue weighted by Crippen LogP contribution is 2.22. The normalized spacial score (nSPS) is 21.2. The van der Waals surface area contributed by atoms with Gasteiger partial charge < -0.3 is 0 Å². The zero-order valence-corrected chi connectivity index (χ0v) is 12.7. The van der Waals surface area contributed by atoms with Crippen LogP contribution in [0.2, 0.25) is 10.0 Å². The largest absolute Gasteiger partial charge is 0.273 e. The molecule has 1 aliphatic heterocycles. The van der Waals surface area contributed by atoms with Gasteiger partial charge in [-0.2, -0.15) is 5.10 Å². The van der Waals surface area contributed by atoms with Gasteiger partial charge >= 0.3 is 0 Å². The molecular weight excluding hydrogens is 323 g/mol. The fourth-order valence-electron chi connectivity index (χ4n) is 1.86. The number of benzene rings is 1. The molecule has 1 N–H and O–H groups in total. The molecule has 1 atom stereocenters. The molecule has 2 rings (SSSR count). The van der Waals surface area contributed by atoms with Crippen molar-refractivity contribution in [2.75, 3.05) is 11.5 Å². The van der Waals surface area contributed by atoms with Crippen molar-refractivity contribution in [3.63, 3.8) is 0 Å². The van der Waals surface area contributed by atoms with Crippen molar-refractivity contribution in [3.05, 3.63) is 33.8 Å². The standard InChI is InChI=1S/C12H12Cl2N2O3S/c13-10-2-1-8(5-11(10)14)6-15-16-12(17)9-3-4-20(18,19)7-9/h1-2,5-6,9H,3-4,7H2,(H,16,17)/b15-6-/t9-/m1/s1. The highest BCUT2D eigenvalue weighted by Gasteiger charge is 2.32. The molecule has 0 spiro atoms. The second kappa shape index (κ2) is 6.11. The van der Waals surface area contributed by atoms with Crippen molar-refractivity contribution in [1.29, 1.82) is 0 Å². The van der Waals surface area contributed by atoms with Gasteiger partial charge in [0.2, 0.25) is 5.91 Å². The molecule has 5 nitrogen and oxygen atoms in total. The molecular formula is C12H12Cl2N2O3S. The third-order valence-corrected chi connectivity index (χ3v) is 5.44. The van der Waals surface area contributed by atoms with Crippen LogP contribution in [0.4, 0.5) is 0 Å². The van der Waals surface area contributed by atoms with Gasteiger partial charge in [0, 0.05) is 0 Å². The van der Waals surface area contributed by atoms with Crippen molar-refractivity contribution in [3.8, 4) is 0 Å². The fraction of sp³-hybridized carbons (Fsp3) is 0.333. The van der Waals surface area contributed by atoms with Crippen molar-refractivity contribution in [2.24, 2.45) is 11.0 Å². The maximum Gasteiger partial charge on any atom is 0.244 e. The first-order chi connectivity index (χ1) is 9.37. The van der Waals surface area contributed by atoms with E-state index in [0.717, 1.165) is 0 Å². The molecule has 1 amide bonds. The molecule has 20 heavy (non-hydrogen) atoms. The lowest BCUT2D eigenvalue weighted by Gasteiger charge is -2.04. The molecule has 1 fully saturated rings. The summed E-state index contributed by atoms with van der Waals surface area (Å²) in [5.74, 6) is -0.962. The van der Waals surface area contributed by atoms with Crippen LogP contribution in [-0.2, 0) is 14.6 Å². The quantitative estimate of drug-likeness (QED) is 0.677. The van der Waals surface area contributed by atoms with Gasteiger partial charge in [0.1, 0.15) is 0 Å². The Bertz CT molecular complexity index is 659. The van der Waals surface area contributed by atoms with Gasteiger partial charge in [0.15, 0.2) is 9.84 Å². The first-order valence-electron chi connectivity index (χ1n) is 5.86. The van der Waals surface area contributed by atoms with Crippen LogP contribution in [0.3, 0.4) is 0 Å². The predicted octanol–water partition coefficient (Wildman–Crippen LogP) is 1.88. The zero-order valence-electron chi connectivity index (χ0n) is 10.3. The van der Waals surface area contributed by atoms with Crippen molar-refractivity contribution >= 4 is 45.2 Å². The Morgan fingerprint density at radius 1 is 1.35 bits per heavy atom. The van der Waals surface area contributed by atoms with Gasteiger partial charge in [-0.05, 0) is 24.1 Å². The number of amides is 1. The van der Waals surface area contributed by atoms with Gasteiger partial charge in [-0.3, -0.25) is 4.79 Å². The number of hydrogen-bond acceptors (Lipinski definition) is 4. The van der Waals surface area contributed by atoms with E-state index in [1.807, 2.05) is 0 Å². The van der Waals surface area contributed by atoms with E-state index in [0.29, 0.717) is 22.0 Å². The van der Waals surface area contributed by atoms with Crippen LogP contribution in [0.25, 0.3) is 0 Å². The Hall–Kier alpha value is -1.11. The molecule has 8 heteroatoms. The lowest BCUT2D eigenvalue weighted by Crippen LogP contribution is -2.27. The molecule has 108 valence electrons. The number of rotatable bonds is 3. The fourth-order valence-corrected chi connectivity index (χ4v) is 3.90. The van der Waals surface area contributed by atoms with Crippen LogP contribution >= 0.6 is 23.2 Å². The van der Waals surface area contributed by atoms with Crippen LogP contribution < -0.4 is 5.43 Å². The maximum atomic E-state index is 11.7. The number of carbonyl (C=O) groups is 1. The summed E-state index contributed by atoms with van der Waals surface area (Å²) in [7, 11) is -3.07. The molecule has 1 aliphatic rings. The van der Waals surface area contributed by atoms with Gasteiger partial charge in [0.05, 0.1) is 33.7 Å². The molecule has 0 saturated carbocycles. The van der Waals surface area contributed by atoms with Crippen molar-refractivity contribution < 1.29 is 13.2 Å². The first-order valence-corrected chi connectivity index (χ1v) is 8.43. The molecule has 1 aromatic rings. The second-order valence-electron chi connectivity index (χ2n) is 4.51. The van der Waals surface area contributed by atoms with Gasteiger partial charge in [-0.25, -0.2) is 13.8 Å². The highest BCUT2D eigenvalue weighted by atomic mass is 35.5. The van der Waals surface area contributed by atoms with Crippen LogP contribution in [0.1, 0.15) is 12.0 Å². The van der Waals surface area contributed by atoms with E-state index >= 15 is 0 Å². The Kier molecular flexibility index (Phi) is 4.67. The summed E-state index contributed by atoms with van der Waals surface area (Å²) in [6, 6.07) is 4.93. The minimum Gasteiger partial charge on any atom is -0.273 e. The molecule has 0 aromatic heterocycles. The van der Waals surface area contributed by atoms with E-state index in [1.54, 1.807) is 18.2 Å². The van der Waals surface area contributed by atoms with E-state index in [-0.39, 0.29) is 17.4 Å². The number of hydrazone groups is 1. The summed E-state index contributed by atoms with van der Waals surface area (Å²) in [5.41, 5.74) is 3.01. The number of nitrogens with one attached hydrogen (secondary N) is 1. The summed E-state index contributed by atoms with van der Waals surface area (Å²) in [5, 5.41) is 4.61. The average molecular weight is 335 g/mol. The topological polar surface area (TPSA) is 75.6 Å². The molecule has 0 radical (unpaired) electrons. The maximum absolute atomic E-state index is 11.7. The average Bonchev–Trinajstić information content (AvgIpc) is 2.74. The molecule has 0 aliphatic carbocycles. The summed E-state index contributed by atoms with van der Waals surface area (Å²) < 4.78 is 22.5. The lowest BCUT2D eigenvalue weighted by molar-refractivity contribution is -0.124. The molecule has 1 heterocycles. The molecule has 0 bridgehead atoms. The van der Waals surface area contributed by atoms with E-state index in [1.165, 1.54) is 6.21 Å². The monoisotopic (exact) mass is 334 g/mol. The number of nitrogens with zero attached hydrogens (tertiary/aromatic N) is 1. The first kappa shape index (κ1) is 15.3. The predicted molar refractivity (Wildman–Crippen MR) is 79.0 cm³/mol. The zero-order chi connectivity index (χ0) is 14.8. The van der Waals surface area contributed by atoms with Gasteiger partial charge in [0.25, 0.3) is 0 Å². The number of hydrogen-bond donors (Lipinski definition) is 1. The third-order valence-electron chi connectivity index (χ3n) is 2.94. The summed E-state index contributed by atoms with van der Waals surface area (Å²) in [4.78, 5) is 11.7. The van der Waals surface area contributed by atoms with E-state index in [2.05, 4.69) is 10.5 Å². The number of carbonyl (C=O) groups excluding carboxylic acids is 1. The molecule has 1 aromatic carbocycles. The van der Waals surface area contributed by atoms with E-state index < -0.39 is 15.8 Å². The van der Waals surface area contributed by atoms with Crippen LogP contribution in [0.5, 0.6) is 0 Å². The second-order valence-corrected chi connectivity index (χ2v) is 7.55. The van der Waals surface area contributed by atoms with E-state index in [9.17, 15) is 13.2 Å². The SMILES string of the molecule is O=C(N/N=C\c1ccc(Cl)c(Cl)c1)[C@@H]1CCS(=O)(=O)C1. The summed E-state index contributed by atoms with van der Waals surface area (Å²) in [6.45, 7) is 0. The Morgan fingerprint density at radius 3 is 2.70 bits per heavy atom. The van der Waals surface area contributed by atoms with Crippen LogP contribution in [0.15, 0.2) is 23.3 Å². The van der Waals surface area contributed by atoms with Crippen molar-refractivity contribution in [2.45, 2.75) is 6.42 Å². The number of halogens is 2. The van der Waals surface area contributed by atoms with Crippen LogP contribution in [-0.4, -0.2) is 32.0 Å². The highest BCUT2D eigenvalue weighted by molar-refractivity contribution is 7.91. The Labute approximate surface area is 126 Å². The third kappa shape index (κ3) is 3.94. The Morgan fingerprint density at radius 2 is 2.10 bits per heavy atom. The van der Waals surface area contributed by atoms with E-state index in [4.69, 9.17) is 23.2 Å². The minimum atomic E-state index is -3.07. The van der Waals surface area contributed by atoms with Gasteiger partial charge in [-0.15, -0.1) is 0 Å². The molecule has 1 saturated heterocycles. The smallest absolute Gasteiger partial charge is 0.244 e. The summed E-state index contributed by atoms with van der Waals surface area (Å²) >= 11 is 11.6. The number of sulfone groups is 1. The molecule has 0 unspecified atom stereocenters.